The van der Waals surface area contributed by atoms with Crippen LogP contribution in [0.3, 0.4) is 0 Å². The van der Waals surface area contributed by atoms with Crippen molar-refractivity contribution in [2.24, 2.45) is 33.0 Å². The van der Waals surface area contributed by atoms with E-state index in [9.17, 15) is 0 Å². The Morgan fingerprint density at radius 2 is 1.35 bits per heavy atom. The molecule has 4 atom stereocenters. The minimum absolute atomic E-state index is 0. The third-order valence-corrected chi connectivity index (χ3v) is 34.9. The van der Waals surface area contributed by atoms with Gasteiger partial charge in [0.05, 0.1) is 0 Å². The average molecular weight is 741 g/mol. The molecule has 252 valence electrons. The molecule has 0 amide bonds. The van der Waals surface area contributed by atoms with E-state index in [1.807, 2.05) is 5.57 Å². The molecule has 1 saturated carbocycles. The Kier molecular flexibility index (Phi) is 9.04. The summed E-state index contributed by atoms with van der Waals surface area (Å²) in [5.74, 6) is 0.926. The summed E-state index contributed by atoms with van der Waals surface area (Å²) in [4.78, 5) is 0. The van der Waals surface area contributed by atoms with Crippen LogP contribution in [0.2, 0.25) is 7.75 Å². The molecule has 0 spiro atoms. The summed E-state index contributed by atoms with van der Waals surface area (Å²) in [6, 6.07) is 21.2. The van der Waals surface area contributed by atoms with Crippen molar-refractivity contribution in [1.29, 1.82) is 0 Å². The van der Waals surface area contributed by atoms with E-state index in [0.717, 1.165) is 6.42 Å². The molecular formula is C43H62Cl2Zr. The van der Waals surface area contributed by atoms with Gasteiger partial charge in [0.1, 0.15) is 0 Å². The predicted octanol–water partition coefficient (Wildman–Crippen LogP) is 12.5. The third kappa shape index (κ3) is 4.22. The number of benzene rings is 2. The van der Waals surface area contributed by atoms with Crippen molar-refractivity contribution in [2.45, 2.75) is 116 Å². The molecule has 0 saturated heterocycles. The van der Waals surface area contributed by atoms with Crippen LogP contribution in [-0.4, -0.2) is 4.21 Å². The Morgan fingerprint density at radius 3 is 1.91 bits per heavy atom. The molecule has 0 bridgehead atoms. The van der Waals surface area contributed by atoms with Crippen molar-refractivity contribution in [2.75, 3.05) is 0 Å². The zero-order valence-corrected chi connectivity index (χ0v) is 35.2. The standard InChI is InChI=1S/C25H35.C10H15.C6H5.CH3.CH2.2ClH.Zr/c1-16-21-20-15-17-11-9-10-12-18(17)19(20)13-14-25(21,8)24(6,7)23(4,5)22(16,2)3;1-8-5-6-9(7-8)10(2,3)4;1-2-4-6-5-3-1;;;;;/h9-12,19H,13-15H2,1-8H3;6-8H,1-4H3;1-5H;1H3;1H2;2*1H;. The minimum atomic E-state index is -4.61. The summed E-state index contributed by atoms with van der Waals surface area (Å²) >= 11 is -4.61. The van der Waals surface area contributed by atoms with Gasteiger partial charge in [-0.2, -0.15) is 0 Å². The first-order chi connectivity index (χ1) is 20.1. The van der Waals surface area contributed by atoms with Gasteiger partial charge in [-0.05, 0) is 0 Å². The molecule has 2 aromatic carbocycles. The van der Waals surface area contributed by atoms with Crippen molar-refractivity contribution in [3.05, 3.63) is 97.9 Å². The third-order valence-electron chi connectivity index (χ3n) is 16.1. The Labute approximate surface area is 295 Å². The van der Waals surface area contributed by atoms with Crippen LogP contribution in [0.4, 0.5) is 0 Å². The van der Waals surface area contributed by atoms with Crippen LogP contribution in [0.15, 0.2) is 86.7 Å². The molecule has 2 aromatic rings. The molecular weight excluding hydrogens is 679 g/mol. The van der Waals surface area contributed by atoms with Crippen molar-refractivity contribution >= 4 is 32.3 Å². The van der Waals surface area contributed by atoms with Crippen LogP contribution >= 0.6 is 24.8 Å². The summed E-state index contributed by atoms with van der Waals surface area (Å²) in [5.41, 5.74) is 8.56. The Morgan fingerprint density at radius 1 is 0.783 bits per heavy atom. The summed E-state index contributed by atoms with van der Waals surface area (Å²) < 4.78 is 11.8. The Bertz CT molecular complexity index is 1710. The molecule has 1 fully saturated rings. The number of hydrogen-bond donors (Lipinski definition) is 0. The summed E-state index contributed by atoms with van der Waals surface area (Å²) in [5, 5.41) is 0. The fourth-order valence-corrected chi connectivity index (χ4v) is 30.4. The first kappa shape index (κ1) is 37.8. The molecule has 0 radical (unpaired) electrons. The fraction of sp³-hybridized carbons (Fsp3) is 0.558. The van der Waals surface area contributed by atoms with Gasteiger partial charge >= 0.3 is 273 Å². The second-order valence-corrected chi connectivity index (χ2v) is 34.0. The Balaban J connectivity index is 0.00000240. The monoisotopic (exact) mass is 738 g/mol. The molecule has 0 heterocycles. The van der Waals surface area contributed by atoms with Crippen molar-refractivity contribution < 1.29 is 18.3 Å². The van der Waals surface area contributed by atoms with Gasteiger partial charge in [-0.1, -0.05) is 0 Å². The predicted molar refractivity (Wildman–Crippen MR) is 205 cm³/mol. The van der Waals surface area contributed by atoms with Gasteiger partial charge in [-0.15, -0.1) is 24.8 Å². The van der Waals surface area contributed by atoms with Gasteiger partial charge in [0.15, 0.2) is 0 Å². The van der Waals surface area contributed by atoms with E-state index >= 15 is 0 Å². The van der Waals surface area contributed by atoms with Crippen LogP contribution < -0.4 is 3.27 Å². The van der Waals surface area contributed by atoms with E-state index in [0.29, 0.717) is 11.8 Å². The molecule has 6 rings (SSSR count). The van der Waals surface area contributed by atoms with Crippen LogP contribution in [-0.2, 0) is 24.7 Å². The summed E-state index contributed by atoms with van der Waals surface area (Å²) in [6.07, 6.45) is 8.88. The molecule has 4 aliphatic rings. The zero-order chi connectivity index (χ0) is 32.5. The van der Waals surface area contributed by atoms with E-state index in [1.165, 1.54) is 18.4 Å². The summed E-state index contributed by atoms with van der Waals surface area (Å²) in [7, 11) is 0. The second kappa shape index (κ2) is 11.0. The van der Waals surface area contributed by atoms with Crippen LogP contribution in [0.1, 0.15) is 113 Å². The first-order valence-electron chi connectivity index (χ1n) is 17.5. The van der Waals surface area contributed by atoms with E-state index in [-0.39, 0.29) is 55.0 Å². The average Bonchev–Trinajstić information content (AvgIpc) is 3.53. The first-order valence-corrected chi connectivity index (χ1v) is 25.3. The normalized spacial score (nSPS) is 31.0. The SMILES string of the molecule is Cl.Cl.[CH2]=[Zr]([CH3])([C]1=CC(C(C)(C)C)=CC1C)([c]1ccccc1)[C]1(C)C2=C3Cc4ccccc4C3CCC2(C)C(C)(C)C(C)(C)C1(C)C. The molecule has 4 aliphatic carbocycles. The molecule has 46 heavy (non-hydrogen) atoms. The summed E-state index contributed by atoms with van der Waals surface area (Å²) in [6.45, 7) is 30.9. The van der Waals surface area contributed by atoms with Gasteiger partial charge in [0, 0.05) is 0 Å². The van der Waals surface area contributed by atoms with Crippen LogP contribution in [0, 0.1) is 33.0 Å². The van der Waals surface area contributed by atoms with E-state index < -0.39 is 18.3 Å². The number of rotatable bonds is 3. The molecule has 0 N–H and O–H groups in total. The van der Waals surface area contributed by atoms with Gasteiger partial charge in [0.25, 0.3) is 0 Å². The van der Waals surface area contributed by atoms with Crippen molar-refractivity contribution in [1.82, 2.24) is 0 Å². The quantitative estimate of drug-likeness (QED) is 0.275. The van der Waals surface area contributed by atoms with E-state index in [4.69, 9.17) is 4.21 Å². The van der Waals surface area contributed by atoms with E-state index in [1.54, 1.807) is 23.3 Å². The van der Waals surface area contributed by atoms with Crippen molar-refractivity contribution in [3.63, 3.8) is 0 Å². The zero-order valence-electron chi connectivity index (χ0n) is 31.2. The van der Waals surface area contributed by atoms with Gasteiger partial charge in [-0.25, -0.2) is 0 Å². The topological polar surface area (TPSA) is 0 Å². The molecule has 0 nitrogen and oxygen atoms in total. The molecule has 0 aromatic heterocycles. The molecule has 3 heteroatoms. The van der Waals surface area contributed by atoms with Gasteiger partial charge < -0.3 is 0 Å². The van der Waals surface area contributed by atoms with E-state index in [2.05, 4.69) is 154 Å². The maximum absolute atomic E-state index is 5.88. The number of hydrogen-bond acceptors (Lipinski definition) is 0. The van der Waals surface area contributed by atoms with Gasteiger partial charge in [-0.3, -0.25) is 0 Å². The molecule has 4 unspecified atom stereocenters. The van der Waals surface area contributed by atoms with Crippen LogP contribution in [0.25, 0.3) is 0 Å². The Hall–Kier alpha value is -1.01. The number of allylic oxidation sites excluding steroid dienone is 6. The second-order valence-electron chi connectivity index (χ2n) is 18.8. The maximum atomic E-state index is 5.88. The van der Waals surface area contributed by atoms with Gasteiger partial charge in [0.2, 0.25) is 0 Å². The van der Waals surface area contributed by atoms with Crippen molar-refractivity contribution in [3.8, 4) is 0 Å². The number of halogens is 2. The fourth-order valence-electron chi connectivity index (χ4n) is 11.8. The van der Waals surface area contributed by atoms with Crippen LogP contribution in [0.5, 0.6) is 0 Å². The number of fused-ring (bicyclic) bond motifs is 4. The molecule has 0 aliphatic heterocycles.